The van der Waals surface area contributed by atoms with Gasteiger partial charge in [-0.2, -0.15) is 0 Å². The number of nitrogens with one attached hydrogen (secondary N) is 1. The number of aliphatic carboxylic acids is 2. The van der Waals surface area contributed by atoms with Crippen molar-refractivity contribution < 1.29 is 29.0 Å². The molecule has 3 aromatic carbocycles. The Morgan fingerprint density at radius 2 is 1.48 bits per heavy atom. The van der Waals surface area contributed by atoms with Crippen LogP contribution in [0.4, 0.5) is 4.39 Å². The van der Waals surface area contributed by atoms with Crippen molar-refractivity contribution in [1.29, 1.82) is 0 Å². The highest BCUT2D eigenvalue weighted by Gasteiger charge is 2.50. The lowest BCUT2D eigenvalue weighted by molar-refractivity contribution is -0.147. The zero-order chi connectivity index (χ0) is 22.4. The Labute approximate surface area is 178 Å². The van der Waals surface area contributed by atoms with Crippen LogP contribution in [0, 0.1) is 5.82 Å². The highest BCUT2D eigenvalue weighted by atomic mass is 19.1. The molecular formula is C24H20FNO5. The summed E-state index contributed by atoms with van der Waals surface area (Å²) in [6.07, 6.45) is -0.561. The van der Waals surface area contributed by atoms with Crippen LogP contribution in [0.15, 0.2) is 84.9 Å². The number of carboxylic acid groups (broad SMARTS) is 2. The zero-order valence-electron chi connectivity index (χ0n) is 16.4. The maximum Gasteiger partial charge on any atom is 0.334 e. The summed E-state index contributed by atoms with van der Waals surface area (Å²) in [5.41, 5.74) is -1.58. The lowest BCUT2D eigenvalue weighted by atomic mass is 9.72. The number of hydrogen-bond donors (Lipinski definition) is 3. The molecule has 0 spiro atoms. The van der Waals surface area contributed by atoms with Gasteiger partial charge in [-0.25, -0.2) is 9.18 Å². The Morgan fingerprint density at radius 3 is 2.03 bits per heavy atom. The number of hydrogen-bond acceptors (Lipinski definition) is 3. The predicted octanol–water partition coefficient (Wildman–Crippen LogP) is 3.79. The van der Waals surface area contributed by atoms with Crippen LogP contribution in [-0.4, -0.2) is 28.1 Å². The molecule has 0 saturated heterocycles. The summed E-state index contributed by atoms with van der Waals surface area (Å²) in [7, 11) is 0. The second kappa shape index (κ2) is 9.21. The van der Waals surface area contributed by atoms with Gasteiger partial charge in [0.25, 0.3) is 5.91 Å². The molecule has 0 heterocycles. The maximum atomic E-state index is 13.7. The van der Waals surface area contributed by atoms with E-state index in [1.165, 1.54) is 24.3 Å². The summed E-state index contributed by atoms with van der Waals surface area (Å²) in [4.78, 5) is 37.5. The molecule has 3 aromatic rings. The molecule has 2 atom stereocenters. The largest absolute Gasteiger partial charge is 0.481 e. The van der Waals surface area contributed by atoms with Crippen LogP contribution in [0.25, 0.3) is 0 Å². The van der Waals surface area contributed by atoms with Crippen molar-refractivity contribution >= 4 is 17.8 Å². The van der Waals surface area contributed by atoms with Crippen LogP contribution in [0.3, 0.4) is 0 Å². The van der Waals surface area contributed by atoms with E-state index in [2.05, 4.69) is 5.32 Å². The summed E-state index contributed by atoms with van der Waals surface area (Å²) >= 11 is 0. The average Bonchev–Trinajstić information content (AvgIpc) is 2.77. The van der Waals surface area contributed by atoms with Gasteiger partial charge >= 0.3 is 11.9 Å². The van der Waals surface area contributed by atoms with E-state index < -0.39 is 41.5 Å². The molecule has 1 amide bonds. The molecule has 0 aliphatic rings. The first-order valence-electron chi connectivity index (χ1n) is 9.48. The summed E-state index contributed by atoms with van der Waals surface area (Å²) in [5, 5.41) is 22.5. The van der Waals surface area contributed by atoms with Crippen molar-refractivity contribution in [2.75, 3.05) is 0 Å². The topological polar surface area (TPSA) is 104 Å². The third kappa shape index (κ3) is 4.61. The number of carboxylic acids is 2. The maximum absolute atomic E-state index is 13.7. The number of amides is 1. The molecule has 3 N–H and O–H groups in total. The van der Waals surface area contributed by atoms with Crippen molar-refractivity contribution in [2.45, 2.75) is 17.9 Å². The Bertz CT molecular complexity index is 1090. The molecule has 0 bridgehead atoms. The van der Waals surface area contributed by atoms with Gasteiger partial charge in [0.1, 0.15) is 5.82 Å². The molecule has 0 aromatic heterocycles. The second-order valence-electron chi connectivity index (χ2n) is 7.00. The fourth-order valence-electron chi connectivity index (χ4n) is 3.65. The third-order valence-electron chi connectivity index (χ3n) is 5.07. The molecule has 0 radical (unpaired) electrons. The molecule has 7 heteroatoms. The fourth-order valence-corrected chi connectivity index (χ4v) is 3.65. The van der Waals surface area contributed by atoms with Crippen LogP contribution in [0.2, 0.25) is 0 Å². The van der Waals surface area contributed by atoms with Crippen LogP contribution in [0.5, 0.6) is 0 Å². The van der Waals surface area contributed by atoms with Gasteiger partial charge in [0, 0.05) is 11.5 Å². The molecular weight excluding hydrogens is 401 g/mol. The quantitative estimate of drug-likeness (QED) is 0.513. The number of carbonyl (C=O) groups is 3. The van der Waals surface area contributed by atoms with Gasteiger partial charge in [0.2, 0.25) is 0 Å². The molecule has 3 rings (SSSR count). The van der Waals surface area contributed by atoms with Gasteiger partial charge < -0.3 is 15.5 Å². The van der Waals surface area contributed by atoms with E-state index in [4.69, 9.17) is 0 Å². The predicted molar refractivity (Wildman–Crippen MR) is 111 cm³/mol. The van der Waals surface area contributed by atoms with Crippen LogP contribution >= 0.6 is 0 Å². The van der Waals surface area contributed by atoms with E-state index in [0.29, 0.717) is 5.56 Å². The molecule has 31 heavy (non-hydrogen) atoms. The van der Waals surface area contributed by atoms with Gasteiger partial charge in [0.05, 0.1) is 6.42 Å². The van der Waals surface area contributed by atoms with Gasteiger partial charge in [-0.1, -0.05) is 66.7 Å². The minimum atomic E-state index is -2.12. The van der Waals surface area contributed by atoms with Gasteiger partial charge in [-0.05, 0) is 29.3 Å². The van der Waals surface area contributed by atoms with E-state index in [-0.39, 0.29) is 11.1 Å². The average molecular weight is 421 g/mol. The van der Waals surface area contributed by atoms with Crippen molar-refractivity contribution in [1.82, 2.24) is 5.32 Å². The molecule has 6 nitrogen and oxygen atoms in total. The van der Waals surface area contributed by atoms with Crippen LogP contribution < -0.4 is 5.32 Å². The first kappa shape index (κ1) is 21.7. The first-order valence-corrected chi connectivity index (χ1v) is 9.48. The highest BCUT2D eigenvalue weighted by molar-refractivity contribution is 5.99. The number of rotatable bonds is 8. The van der Waals surface area contributed by atoms with Crippen LogP contribution in [0.1, 0.15) is 33.8 Å². The molecule has 158 valence electrons. The molecule has 0 fully saturated rings. The lowest BCUT2D eigenvalue weighted by Crippen LogP contribution is -2.56. The van der Waals surface area contributed by atoms with Gasteiger partial charge in [-0.15, -0.1) is 0 Å². The zero-order valence-corrected chi connectivity index (χ0v) is 16.4. The van der Waals surface area contributed by atoms with Crippen molar-refractivity contribution in [3.8, 4) is 0 Å². The van der Waals surface area contributed by atoms with E-state index in [1.54, 1.807) is 48.5 Å². The second-order valence-corrected chi connectivity index (χ2v) is 7.00. The number of benzene rings is 3. The number of halogens is 1. The molecule has 0 aliphatic carbocycles. The van der Waals surface area contributed by atoms with Crippen molar-refractivity contribution in [2.24, 2.45) is 0 Å². The Kier molecular flexibility index (Phi) is 6.45. The Morgan fingerprint density at radius 1 is 0.871 bits per heavy atom. The normalized spacial score (nSPS) is 13.6. The molecule has 0 saturated carbocycles. The van der Waals surface area contributed by atoms with Crippen molar-refractivity contribution in [3.63, 3.8) is 0 Å². The van der Waals surface area contributed by atoms with E-state index >= 15 is 0 Å². The van der Waals surface area contributed by atoms with E-state index in [0.717, 1.165) is 12.1 Å². The van der Waals surface area contributed by atoms with E-state index in [9.17, 15) is 29.0 Å². The monoisotopic (exact) mass is 421 g/mol. The molecule has 0 aliphatic heterocycles. The number of carbonyl (C=O) groups excluding carboxylic acids is 1. The Hall–Kier alpha value is -4.00. The summed E-state index contributed by atoms with van der Waals surface area (Å²) < 4.78 is 13.7. The van der Waals surface area contributed by atoms with Crippen molar-refractivity contribution in [3.05, 3.63) is 107 Å². The SMILES string of the molecule is O=C(O)CC(c1ccccc1)C(NC(=O)c1cccc(F)c1)(C(=O)O)c1ccccc1. The first-order chi connectivity index (χ1) is 14.8. The summed E-state index contributed by atoms with van der Waals surface area (Å²) in [6.45, 7) is 0. The summed E-state index contributed by atoms with van der Waals surface area (Å²) in [6, 6.07) is 21.0. The van der Waals surface area contributed by atoms with Gasteiger partial charge in [-0.3, -0.25) is 9.59 Å². The minimum absolute atomic E-state index is 0.0799. The third-order valence-corrected chi connectivity index (χ3v) is 5.07. The lowest BCUT2D eigenvalue weighted by Gasteiger charge is -2.38. The molecule has 2 unspecified atom stereocenters. The smallest absolute Gasteiger partial charge is 0.334 e. The summed E-state index contributed by atoms with van der Waals surface area (Å²) in [5.74, 6) is -5.30. The van der Waals surface area contributed by atoms with E-state index in [1.807, 2.05) is 0 Å². The highest BCUT2D eigenvalue weighted by Crippen LogP contribution is 2.40. The Balaban J connectivity index is 2.22. The standard InChI is InChI=1S/C24H20FNO5/c25-19-13-7-10-17(14-19)22(29)26-24(23(30)31,18-11-5-2-6-12-18)20(15-21(27)28)16-8-3-1-4-9-16/h1-14,20H,15H2,(H,26,29)(H,27,28)(H,30,31). The van der Waals surface area contributed by atoms with Gasteiger partial charge in [0.15, 0.2) is 5.54 Å². The van der Waals surface area contributed by atoms with Crippen LogP contribution in [-0.2, 0) is 15.1 Å². The minimum Gasteiger partial charge on any atom is -0.481 e. The fraction of sp³-hybridized carbons (Fsp3) is 0.125.